The zero-order valence-electron chi connectivity index (χ0n) is 9.95. The summed E-state index contributed by atoms with van der Waals surface area (Å²) < 4.78 is 12.6. The summed E-state index contributed by atoms with van der Waals surface area (Å²) in [7, 11) is 0. The molecule has 0 bridgehead atoms. The van der Waals surface area contributed by atoms with Crippen LogP contribution in [0.25, 0.3) is 0 Å². The zero-order chi connectivity index (χ0) is 12.5. The van der Waals surface area contributed by atoms with Crippen molar-refractivity contribution in [1.29, 1.82) is 0 Å². The highest BCUT2D eigenvalue weighted by Crippen LogP contribution is 2.00. The number of carbonyl (C=O) groups excluding carboxylic acids is 1. The Bertz CT molecular complexity index is 374. The lowest BCUT2D eigenvalue weighted by atomic mass is 10.2. The monoisotopic (exact) mass is 236 g/mol. The average Bonchev–Trinajstić information content (AvgIpc) is 2.32. The molecule has 0 unspecified atom stereocenters. The molecule has 1 aromatic rings. The van der Waals surface area contributed by atoms with E-state index in [9.17, 15) is 9.18 Å². The number of carbonyl (C=O) groups is 1. The SMILES string of the molecule is CCCCCC(=O)N/N=C/c1ccc(F)cc1. The van der Waals surface area contributed by atoms with Gasteiger partial charge in [0, 0.05) is 6.42 Å². The summed E-state index contributed by atoms with van der Waals surface area (Å²) in [5, 5.41) is 3.80. The van der Waals surface area contributed by atoms with Gasteiger partial charge < -0.3 is 0 Å². The first-order valence-corrected chi connectivity index (χ1v) is 5.80. The number of hydrogen-bond donors (Lipinski definition) is 1. The first-order chi connectivity index (χ1) is 8.22. The second kappa shape index (κ2) is 7.54. The summed E-state index contributed by atoms with van der Waals surface area (Å²) in [6.45, 7) is 2.09. The summed E-state index contributed by atoms with van der Waals surface area (Å²) in [6, 6.07) is 5.90. The van der Waals surface area contributed by atoms with E-state index in [1.807, 2.05) is 0 Å². The number of hydrogen-bond acceptors (Lipinski definition) is 2. The Hall–Kier alpha value is -1.71. The second-order valence-corrected chi connectivity index (χ2v) is 3.80. The van der Waals surface area contributed by atoms with Gasteiger partial charge in [-0.2, -0.15) is 5.10 Å². The quantitative estimate of drug-likeness (QED) is 0.460. The first kappa shape index (κ1) is 13.4. The van der Waals surface area contributed by atoms with E-state index in [2.05, 4.69) is 17.5 Å². The number of hydrazone groups is 1. The molecule has 0 radical (unpaired) electrons. The molecule has 0 saturated carbocycles. The smallest absolute Gasteiger partial charge is 0.240 e. The van der Waals surface area contributed by atoms with Crippen LogP contribution in [0.1, 0.15) is 38.2 Å². The van der Waals surface area contributed by atoms with Crippen LogP contribution >= 0.6 is 0 Å². The van der Waals surface area contributed by atoms with E-state index in [0.29, 0.717) is 6.42 Å². The Labute approximate surface area is 101 Å². The summed E-state index contributed by atoms with van der Waals surface area (Å²) in [4.78, 5) is 11.3. The van der Waals surface area contributed by atoms with Crippen LogP contribution in [0.2, 0.25) is 0 Å². The minimum atomic E-state index is -0.286. The summed E-state index contributed by atoms with van der Waals surface area (Å²) >= 11 is 0. The number of nitrogens with one attached hydrogen (secondary N) is 1. The third-order valence-electron chi connectivity index (χ3n) is 2.28. The van der Waals surface area contributed by atoms with Crippen molar-refractivity contribution < 1.29 is 9.18 Å². The lowest BCUT2D eigenvalue weighted by Gasteiger charge is -1.98. The van der Waals surface area contributed by atoms with Gasteiger partial charge in [-0.15, -0.1) is 0 Å². The van der Waals surface area contributed by atoms with Crippen molar-refractivity contribution >= 4 is 12.1 Å². The second-order valence-electron chi connectivity index (χ2n) is 3.80. The fraction of sp³-hybridized carbons (Fsp3) is 0.385. The van der Waals surface area contributed by atoms with Gasteiger partial charge in [0.25, 0.3) is 0 Å². The molecular formula is C13H17FN2O. The molecule has 17 heavy (non-hydrogen) atoms. The van der Waals surface area contributed by atoms with Crippen molar-refractivity contribution in [1.82, 2.24) is 5.43 Å². The van der Waals surface area contributed by atoms with Crippen LogP contribution in [0, 0.1) is 5.82 Å². The van der Waals surface area contributed by atoms with E-state index in [-0.39, 0.29) is 11.7 Å². The van der Waals surface area contributed by atoms with Crippen molar-refractivity contribution in [2.75, 3.05) is 0 Å². The molecule has 0 spiro atoms. The van der Waals surface area contributed by atoms with Gasteiger partial charge in [-0.1, -0.05) is 31.9 Å². The molecule has 0 fully saturated rings. The summed E-state index contributed by atoms with van der Waals surface area (Å²) in [5.41, 5.74) is 3.19. The van der Waals surface area contributed by atoms with Gasteiger partial charge in [-0.05, 0) is 24.1 Å². The fourth-order valence-electron chi connectivity index (χ4n) is 1.32. The molecule has 1 amide bonds. The predicted molar refractivity (Wildman–Crippen MR) is 66.3 cm³/mol. The number of nitrogens with zero attached hydrogens (tertiary/aromatic N) is 1. The third-order valence-corrected chi connectivity index (χ3v) is 2.28. The van der Waals surface area contributed by atoms with Gasteiger partial charge in [-0.25, -0.2) is 9.82 Å². The number of rotatable bonds is 6. The highest BCUT2D eigenvalue weighted by atomic mass is 19.1. The van der Waals surface area contributed by atoms with Crippen LogP contribution in [0.4, 0.5) is 4.39 Å². The van der Waals surface area contributed by atoms with Crippen molar-refractivity contribution in [2.45, 2.75) is 32.6 Å². The topological polar surface area (TPSA) is 41.5 Å². The molecule has 0 aliphatic carbocycles. The molecule has 0 atom stereocenters. The first-order valence-electron chi connectivity index (χ1n) is 5.80. The molecule has 0 saturated heterocycles. The van der Waals surface area contributed by atoms with Crippen molar-refractivity contribution in [3.8, 4) is 0 Å². The number of halogens is 1. The zero-order valence-corrected chi connectivity index (χ0v) is 9.95. The van der Waals surface area contributed by atoms with Gasteiger partial charge in [-0.3, -0.25) is 4.79 Å². The minimum absolute atomic E-state index is 0.0863. The third kappa shape index (κ3) is 5.80. The maximum Gasteiger partial charge on any atom is 0.240 e. The van der Waals surface area contributed by atoms with Gasteiger partial charge in [0.2, 0.25) is 5.91 Å². The Morgan fingerprint density at radius 3 is 2.71 bits per heavy atom. The summed E-state index contributed by atoms with van der Waals surface area (Å²) in [5.74, 6) is -0.373. The van der Waals surface area contributed by atoms with Crippen LogP contribution < -0.4 is 5.43 Å². The van der Waals surface area contributed by atoms with E-state index in [1.54, 1.807) is 12.1 Å². The highest BCUT2D eigenvalue weighted by molar-refractivity contribution is 5.82. The van der Waals surface area contributed by atoms with Crippen molar-refractivity contribution in [3.05, 3.63) is 35.6 Å². The molecule has 1 N–H and O–H groups in total. The molecule has 1 rings (SSSR count). The average molecular weight is 236 g/mol. The highest BCUT2D eigenvalue weighted by Gasteiger charge is 1.97. The molecule has 92 valence electrons. The van der Waals surface area contributed by atoms with Crippen LogP contribution in [-0.4, -0.2) is 12.1 Å². The van der Waals surface area contributed by atoms with E-state index in [4.69, 9.17) is 0 Å². The van der Waals surface area contributed by atoms with E-state index >= 15 is 0 Å². The summed E-state index contributed by atoms with van der Waals surface area (Å²) in [6.07, 6.45) is 5.02. The Morgan fingerprint density at radius 1 is 1.35 bits per heavy atom. The maximum absolute atomic E-state index is 12.6. The minimum Gasteiger partial charge on any atom is -0.273 e. The van der Waals surface area contributed by atoms with Crippen molar-refractivity contribution in [2.24, 2.45) is 5.10 Å². The number of amides is 1. The molecular weight excluding hydrogens is 219 g/mol. The molecule has 3 nitrogen and oxygen atoms in total. The lowest BCUT2D eigenvalue weighted by molar-refractivity contribution is -0.121. The van der Waals surface area contributed by atoms with E-state index in [0.717, 1.165) is 24.8 Å². The Balaban J connectivity index is 2.29. The number of benzene rings is 1. The van der Waals surface area contributed by atoms with Crippen LogP contribution in [0.3, 0.4) is 0 Å². The number of unbranched alkanes of at least 4 members (excludes halogenated alkanes) is 2. The Kier molecular flexibility index (Phi) is 5.93. The van der Waals surface area contributed by atoms with E-state index < -0.39 is 0 Å². The van der Waals surface area contributed by atoms with Crippen LogP contribution in [0.15, 0.2) is 29.4 Å². The maximum atomic E-state index is 12.6. The van der Waals surface area contributed by atoms with Crippen LogP contribution in [0.5, 0.6) is 0 Å². The van der Waals surface area contributed by atoms with E-state index in [1.165, 1.54) is 18.3 Å². The van der Waals surface area contributed by atoms with Gasteiger partial charge in [0.05, 0.1) is 6.21 Å². The molecule has 1 aromatic carbocycles. The van der Waals surface area contributed by atoms with Gasteiger partial charge in [0.1, 0.15) is 5.82 Å². The molecule has 0 heterocycles. The van der Waals surface area contributed by atoms with Crippen LogP contribution in [-0.2, 0) is 4.79 Å². The molecule has 0 aliphatic heterocycles. The molecule has 0 aliphatic rings. The molecule has 0 aromatic heterocycles. The van der Waals surface area contributed by atoms with Gasteiger partial charge in [0.15, 0.2) is 0 Å². The Morgan fingerprint density at radius 2 is 2.06 bits per heavy atom. The fourth-order valence-corrected chi connectivity index (χ4v) is 1.32. The largest absolute Gasteiger partial charge is 0.273 e. The lowest BCUT2D eigenvalue weighted by Crippen LogP contribution is -2.16. The predicted octanol–water partition coefficient (Wildman–Crippen LogP) is 2.86. The normalized spacial score (nSPS) is 10.7. The van der Waals surface area contributed by atoms with Gasteiger partial charge >= 0.3 is 0 Å². The standard InChI is InChI=1S/C13H17FN2O/c1-2-3-4-5-13(17)16-15-10-11-6-8-12(14)9-7-11/h6-10H,2-5H2,1H3,(H,16,17)/b15-10+. The molecule has 4 heteroatoms. The van der Waals surface area contributed by atoms with Crippen molar-refractivity contribution in [3.63, 3.8) is 0 Å².